The quantitative estimate of drug-likeness (QED) is 0.644. The highest BCUT2D eigenvalue weighted by atomic mass is 32.2. The highest BCUT2D eigenvalue weighted by Crippen LogP contribution is 2.20. The predicted molar refractivity (Wildman–Crippen MR) is 70.5 cm³/mol. The summed E-state index contributed by atoms with van der Waals surface area (Å²) < 4.78 is 16.3. The molecule has 0 aromatic carbocycles. The molecule has 0 saturated carbocycles. The Balaban J connectivity index is 2.53. The van der Waals surface area contributed by atoms with Crippen molar-refractivity contribution in [3.05, 3.63) is 0 Å². The number of carboxylic acids is 1. The second kappa shape index (κ2) is 6.85. The van der Waals surface area contributed by atoms with E-state index in [1.165, 1.54) is 0 Å². The molecule has 0 spiro atoms. The molecular weight excluding hydrogens is 272 g/mol. The lowest BCUT2D eigenvalue weighted by molar-refractivity contribution is -0.148. The van der Waals surface area contributed by atoms with Crippen LogP contribution in [0.5, 0.6) is 0 Å². The Morgan fingerprint density at radius 2 is 2.00 bits per heavy atom. The number of carbonyl (C=O) groups excluding carboxylic acids is 1. The van der Waals surface area contributed by atoms with Gasteiger partial charge in [0.25, 0.3) is 0 Å². The van der Waals surface area contributed by atoms with Gasteiger partial charge >= 0.3 is 12.0 Å². The minimum atomic E-state index is -1.27. The van der Waals surface area contributed by atoms with E-state index < -0.39 is 28.3 Å². The molecule has 2 amide bonds. The van der Waals surface area contributed by atoms with Crippen LogP contribution in [0, 0.1) is 0 Å². The van der Waals surface area contributed by atoms with Gasteiger partial charge < -0.3 is 20.5 Å². The second-order valence-electron chi connectivity index (χ2n) is 4.64. The molecule has 1 aliphatic heterocycles. The first kappa shape index (κ1) is 15.9. The van der Waals surface area contributed by atoms with E-state index in [2.05, 4.69) is 10.6 Å². The fourth-order valence-corrected chi connectivity index (χ4v) is 2.05. The Hall–Kier alpha value is -1.15. The summed E-state index contributed by atoms with van der Waals surface area (Å²) in [6.45, 7) is 2.60. The maximum atomic E-state index is 11.7. The molecule has 1 rings (SSSR count). The van der Waals surface area contributed by atoms with Crippen molar-refractivity contribution >= 4 is 22.8 Å². The minimum absolute atomic E-state index is 0.179. The van der Waals surface area contributed by atoms with Gasteiger partial charge in [0.1, 0.15) is 5.54 Å². The first-order chi connectivity index (χ1) is 8.87. The lowest BCUT2D eigenvalue weighted by atomic mass is 9.90. The van der Waals surface area contributed by atoms with Gasteiger partial charge in [0.15, 0.2) is 0 Å². The van der Waals surface area contributed by atoms with Crippen molar-refractivity contribution < 1.29 is 23.6 Å². The van der Waals surface area contributed by atoms with Gasteiger partial charge in [0, 0.05) is 54.9 Å². The maximum Gasteiger partial charge on any atom is 0.329 e. The normalized spacial score (nSPS) is 21.2. The maximum absolute atomic E-state index is 11.7. The zero-order chi connectivity index (χ0) is 14.5. The molecule has 0 aromatic rings. The number of ether oxygens (including phenoxy) is 1. The first-order valence-corrected chi connectivity index (χ1v) is 7.69. The van der Waals surface area contributed by atoms with E-state index >= 15 is 0 Å². The van der Waals surface area contributed by atoms with E-state index in [0.717, 1.165) is 0 Å². The van der Waals surface area contributed by atoms with Gasteiger partial charge in [-0.3, -0.25) is 4.21 Å². The molecule has 2 atom stereocenters. The lowest BCUT2D eigenvalue weighted by Crippen LogP contribution is -2.60. The number of rotatable bonds is 5. The average Bonchev–Trinajstić information content (AvgIpc) is 2.36. The van der Waals surface area contributed by atoms with Gasteiger partial charge in [-0.15, -0.1) is 0 Å². The van der Waals surface area contributed by atoms with Crippen LogP contribution in [0.4, 0.5) is 4.79 Å². The molecule has 1 aliphatic rings. The summed E-state index contributed by atoms with van der Waals surface area (Å²) in [6.07, 6.45) is 2.04. The van der Waals surface area contributed by atoms with Crippen LogP contribution in [0.3, 0.4) is 0 Å². The van der Waals surface area contributed by atoms with E-state index in [-0.39, 0.29) is 24.6 Å². The van der Waals surface area contributed by atoms with Crippen molar-refractivity contribution in [1.82, 2.24) is 10.6 Å². The molecule has 0 aliphatic carbocycles. The number of carboxylic acid groups (broad SMARTS) is 1. The average molecular weight is 292 g/mol. The van der Waals surface area contributed by atoms with Crippen LogP contribution in [0.15, 0.2) is 0 Å². The monoisotopic (exact) mass is 292 g/mol. The van der Waals surface area contributed by atoms with Gasteiger partial charge in [0.05, 0.1) is 0 Å². The molecule has 0 aromatic heterocycles. The summed E-state index contributed by atoms with van der Waals surface area (Å²) in [5, 5.41) is 14.1. The van der Waals surface area contributed by atoms with E-state index in [0.29, 0.717) is 13.2 Å². The van der Waals surface area contributed by atoms with Crippen LogP contribution in [-0.2, 0) is 20.3 Å². The fraction of sp³-hybridized carbons (Fsp3) is 0.818. The van der Waals surface area contributed by atoms with Crippen molar-refractivity contribution in [3.63, 3.8) is 0 Å². The van der Waals surface area contributed by atoms with Crippen LogP contribution in [0.25, 0.3) is 0 Å². The fourth-order valence-electron chi connectivity index (χ4n) is 1.73. The number of urea groups is 1. The number of carbonyl (C=O) groups is 2. The largest absolute Gasteiger partial charge is 0.480 e. The first-order valence-electron chi connectivity index (χ1n) is 6.07. The SMILES string of the molecule is CC(CNC(=O)NC1(C(=O)O)CCOCC1)S(C)=O. The summed E-state index contributed by atoms with van der Waals surface area (Å²) in [5.41, 5.74) is -1.27. The predicted octanol–water partition coefficient (Wildman–Crippen LogP) is -0.314. The van der Waals surface area contributed by atoms with Crippen molar-refractivity contribution in [2.75, 3.05) is 26.0 Å². The highest BCUT2D eigenvalue weighted by molar-refractivity contribution is 7.84. The zero-order valence-corrected chi connectivity index (χ0v) is 11.9. The lowest BCUT2D eigenvalue weighted by Gasteiger charge is -2.33. The number of aliphatic carboxylic acids is 1. The van der Waals surface area contributed by atoms with Crippen molar-refractivity contribution in [2.45, 2.75) is 30.6 Å². The molecule has 7 nitrogen and oxygen atoms in total. The number of hydrogen-bond acceptors (Lipinski definition) is 4. The number of amides is 2. The van der Waals surface area contributed by atoms with Gasteiger partial charge in [0.2, 0.25) is 0 Å². The second-order valence-corrected chi connectivity index (χ2v) is 6.45. The van der Waals surface area contributed by atoms with Crippen LogP contribution >= 0.6 is 0 Å². The summed E-state index contributed by atoms with van der Waals surface area (Å²) in [4.78, 5) is 23.0. The van der Waals surface area contributed by atoms with E-state index in [1.54, 1.807) is 13.2 Å². The van der Waals surface area contributed by atoms with E-state index in [9.17, 15) is 18.9 Å². The molecule has 1 fully saturated rings. The minimum Gasteiger partial charge on any atom is -0.480 e. The van der Waals surface area contributed by atoms with Crippen LogP contribution in [0.2, 0.25) is 0 Å². The highest BCUT2D eigenvalue weighted by Gasteiger charge is 2.41. The van der Waals surface area contributed by atoms with Gasteiger partial charge in [-0.2, -0.15) is 0 Å². The van der Waals surface area contributed by atoms with Crippen molar-refractivity contribution in [3.8, 4) is 0 Å². The molecule has 1 heterocycles. The summed E-state index contributed by atoms with van der Waals surface area (Å²) in [7, 11) is -1.03. The topological polar surface area (TPSA) is 105 Å². The number of hydrogen-bond donors (Lipinski definition) is 3. The Morgan fingerprint density at radius 1 is 1.42 bits per heavy atom. The van der Waals surface area contributed by atoms with Crippen molar-refractivity contribution in [2.24, 2.45) is 0 Å². The van der Waals surface area contributed by atoms with Crippen LogP contribution in [0.1, 0.15) is 19.8 Å². The third kappa shape index (κ3) is 4.46. The summed E-state index contributed by atoms with van der Waals surface area (Å²) >= 11 is 0. The Labute approximate surface area is 114 Å². The summed E-state index contributed by atoms with van der Waals surface area (Å²) in [6, 6.07) is -0.554. The van der Waals surface area contributed by atoms with Gasteiger partial charge in [-0.1, -0.05) is 0 Å². The van der Waals surface area contributed by atoms with Crippen LogP contribution in [-0.4, -0.2) is 58.1 Å². The van der Waals surface area contributed by atoms with Crippen molar-refractivity contribution in [1.29, 1.82) is 0 Å². The third-order valence-corrected chi connectivity index (χ3v) is 4.53. The molecule has 19 heavy (non-hydrogen) atoms. The summed E-state index contributed by atoms with van der Waals surface area (Å²) in [5.74, 6) is -1.06. The van der Waals surface area contributed by atoms with Gasteiger partial charge in [-0.05, 0) is 6.92 Å². The van der Waals surface area contributed by atoms with E-state index in [4.69, 9.17) is 4.74 Å². The molecule has 8 heteroatoms. The molecule has 2 unspecified atom stereocenters. The standard InChI is InChI=1S/C11H20N2O5S/c1-8(19(2)17)7-12-10(16)13-11(9(14)15)3-5-18-6-4-11/h8H,3-7H2,1-2H3,(H,14,15)(H2,12,13,16). The molecule has 110 valence electrons. The third-order valence-electron chi connectivity index (χ3n) is 3.23. The molecule has 0 radical (unpaired) electrons. The van der Waals surface area contributed by atoms with Crippen LogP contribution < -0.4 is 10.6 Å². The number of nitrogens with one attached hydrogen (secondary N) is 2. The smallest absolute Gasteiger partial charge is 0.329 e. The Morgan fingerprint density at radius 3 is 2.47 bits per heavy atom. The molecular formula is C11H20N2O5S. The van der Waals surface area contributed by atoms with E-state index in [1.807, 2.05) is 0 Å². The molecule has 1 saturated heterocycles. The zero-order valence-electron chi connectivity index (χ0n) is 11.1. The molecule has 0 bridgehead atoms. The van der Waals surface area contributed by atoms with Gasteiger partial charge in [-0.25, -0.2) is 9.59 Å². The molecule has 3 N–H and O–H groups in total. The Bertz CT molecular complexity index is 368. The Kier molecular flexibility index (Phi) is 5.74.